The lowest BCUT2D eigenvalue weighted by Crippen LogP contribution is -2.48. The Kier molecular flexibility index (Phi) is 10.1. The first-order chi connectivity index (χ1) is 22.3. The molecule has 1 fully saturated rings. The van der Waals surface area contributed by atoms with Crippen LogP contribution < -0.4 is 30.5 Å². The van der Waals surface area contributed by atoms with Gasteiger partial charge in [-0.3, -0.25) is 9.59 Å². The number of urea groups is 1. The van der Waals surface area contributed by atoms with Crippen LogP contribution in [0.2, 0.25) is 0 Å². The molecule has 0 spiro atoms. The van der Waals surface area contributed by atoms with Crippen molar-refractivity contribution in [2.75, 3.05) is 53.7 Å². The van der Waals surface area contributed by atoms with Crippen molar-refractivity contribution in [3.05, 3.63) is 103 Å². The standard InChI is InChI=1S/C34H36N8O4/c1-4-33(44)38-26-11-8-12-28(19-26)42(34(45)35-22-25-9-6-5-7-10-25)32-21-31(36-23-37-32)39-29-14-13-27(20-30(29)46-3)41-17-15-40(16-18-41)24(2)43/h4-14,19-21,23H,1,15-18,22H2,2-3H3,(H,35,45)(H,38,44)(H,36,37,39). The molecule has 4 amide bonds. The van der Waals surface area contributed by atoms with Gasteiger partial charge in [0.25, 0.3) is 0 Å². The highest BCUT2D eigenvalue weighted by Gasteiger charge is 2.22. The largest absolute Gasteiger partial charge is 0.494 e. The summed E-state index contributed by atoms with van der Waals surface area (Å²) >= 11 is 0. The van der Waals surface area contributed by atoms with Gasteiger partial charge in [0.1, 0.15) is 23.7 Å². The molecule has 3 N–H and O–H groups in total. The van der Waals surface area contributed by atoms with Gasteiger partial charge in [0.2, 0.25) is 11.8 Å². The predicted molar refractivity (Wildman–Crippen MR) is 179 cm³/mol. The van der Waals surface area contributed by atoms with E-state index in [9.17, 15) is 14.4 Å². The van der Waals surface area contributed by atoms with E-state index in [2.05, 4.69) is 37.4 Å². The second-order valence-electron chi connectivity index (χ2n) is 10.5. The molecule has 0 saturated carbocycles. The molecule has 12 heteroatoms. The Bertz CT molecular complexity index is 1710. The molecule has 0 aliphatic carbocycles. The normalized spacial score (nSPS) is 12.6. The Morgan fingerprint density at radius 2 is 1.74 bits per heavy atom. The molecule has 46 heavy (non-hydrogen) atoms. The van der Waals surface area contributed by atoms with Gasteiger partial charge >= 0.3 is 6.03 Å². The summed E-state index contributed by atoms with van der Waals surface area (Å²) < 4.78 is 5.71. The number of methoxy groups -OCH3 is 1. The fraction of sp³-hybridized carbons (Fsp3) is 0.206. The molecule has 1 aliphatic heterocycles. The highest BCUT2D eigenvalue weighted by molar-refractivity contribution is 6.01. The maximum absolute atomic E-state index is 13.7. The smallest absolute Gasteiger partial charge is 0.327 e. The number of rotatable bonds is 10. The Morgan fingerprint density at radius 3 is 2.46 bits per heavy atom. The van der Waals surface area contributed by atoms with E-state index in [4.69, 9.17) is 4.74 Å². The molecule has 0 bridgehead atoms. The van der Waals surface area contributed by atoms with Gasteiger partial charge in [0.05, 0.1) is 18.5 Å². The number of carbonyl (C=O) groups is 3. The summed E-state index contributed by atoms with van der Waals surface area (Å²) in [6, 6.07) is 23.5. The average molecular weight is 621 g/mol. The monoisotopic (exact) mass is 620 g/mol. The van der Waals surface area contributed by atoms with Crippen molar-refractivity contribution in [2.45, 2.75) is 13.5 Å². The van der Waals surface area contributed by atoms with Crippen LogP contribution in [-0.4, -0.2) is 66.0 Å². The molecule has 1 aliphatic rings. The van der Waals surface area contributed by atoms with Crippen molar-refractivity contribution in [3.8, 4) is 5.75 Å². The van der Waals surface area contributed by atoms with Crippen molar-refractivity contribution >= 4 is 52.2 Å². The third-order valence-corrected chi connectivity index (χ3v) is 7.47. The summed E-state index contributed by atoms with van der Waals surface area (Å²) in [5.41, 5.74) is 3.56. The van der Waals surface area contributed by atoms with Gasteiger partial charge < -0.3 is 30.5 Å². The van der Waals surface area contributed by atoms with Crippen LogP contribution in [-0.2, 0) is 16.1 Å². The van der Waals surface area contributed by atoms with Gasteiger partial charge in [-0.15, -0.1) is 0 Å². The maximum Gasteiger partial charge on any atom is 0.327 e. The van der Waals surface area contributed by atoms with Crippen LogP contribution in [0.5, 0.6) is 5.75 Å². The number of piperazine rings is 1. The molecular formula is C34H36N8O4. The van der Waals surface area contributed by atoms with Crippen LogP contribution in [0.3, 0.4) is 0 Å². The second kappa shape index (κ2) is 14.7. The van der Waals surface area contributed by atoms with Crippen LogP contribution >= 0.6 is 0 Å². The fourth-order valence-electron chi connectivity index (χ4n) is 5.06. The maximum atomic E-state index is 13.7. The summed E-state index contributed by atoms with van der Waals surface area (Å²) in [5.74, 6) is 1.05. The summed E-state index contributed by atoms with van der Waals surface area (Å²) in [4.78, 5) is 51.7. The molecule has 4 aromatic rings. The first kappa shape index (κ1) is 31.5. The topological polar surface area (TPSA) is 132 Å². The van der Waals surface area contributed by atoms with Gasteiger partial charge in [-0.2, -0.15) is 0 Å². The van der Waals surface area contributed by atoms with E-state index >= 15 is 0 Å². The van der Waals surface area contributed by atoms with E-state index in [1.54, 1.807) is 44.4 Å². The predicted octanol–water partition coefficient (Wildman–Crippen LogP) is 5.07. The molecule has 0 atom stereocenters. The average Bonchev–Trinajstić information content (AvgIpc) is 3.08. The lowest BCUT2D eigenvalue weighted by atomic mass is 10.2. The number of carbonyl (C=O) groups excluding carboxylic acids is 3. The Labute approximate surface area is 267 Å². The SMILES string of the molecule is C=CC(=O)Nc1cccc(N(C(=O)NCc2ccccc2)c2cc(Nc3ccc(N4CCN(C(C)=O)CC4)cc3OC)ncn2)c1. The first-order valence-corrected chi connectivity index (χ1v) is 14.8. The number of hydrogen-bond donors (Lipinski definition) is 3. The number of aromatic nitrogens is 2. The lowest BCUT2D eigenvalue weighted by molar-refractivity contribution is -0.129. The molecule has 0 unspecified atom stereocenters. The number of anilines is 6. The number of ether oxygens (including phenoxy) is 1. The number of nitrogens with zero attached hydrogens (tertiary/aromatic N) is 5. The Balaban J connectivity index is 1.40. The van der Waals surface area contributed by atoms with Gasteiger partial charge in [0, 0.05) is 63.2 Å². The van der Waals surface area contributed by atoms with Gasteiger partial charge in [-0.05, 0) is 42.0 Å². The van der Waals surface area contributed by atoms with Crippen LogP contribution in [0, 0.1) is 0 Å². The van der Waals surface area contributed by atoms with E-state index < -0.39 is 6.03 Å². The second-order valence-corrected chi connectivity index (χ2v) is 10.5. The summed E-state index contributed by atoms with van der Waals surface area (Å²) in [5, 5.41) is 8.98. The van der Waals surface area contributed by atoms with E-state index in [-0.39, 0.29) is 11.8 Å². The molecular weight excluding hydrogens is 584 g/mol. The number of benzene rings is 3. The molecule has 3 aromatic carbocycles. The number of amides is 4. The van der Waals surface area contributed by atoms with Crippen LogP contribution in [0.4, 0.5) is 39.2 Å². The van der Waals surface area contributed by atoms with Gasteiger partial charge in [-0.1, -0.05) is 43.0 Å². The number of hydrogen-bond acceptors (Lipinski definition) is 8. The number of nitrogens with one attached hydrogen (secondary N) is 3. The highest BCUT2D eigenvalue weighted by atomic mass is 16.5. The van der Waals surface area contributed by atoms with E-state index in [0.717, 1.165) is 24.3 Å². The summed E-state index contributed by atoms with van der Waals surface area (Å²) in [6.07, 6.45) is 2.54. The highest BCUT2D eigenvalue weighted by Crippen LogP contribution is 2.33. The minimum atomic E-state index is -0.424. The third-order valence-electron chi connectivity index (χ3n) is 7.47. The fourth-order valence-corrected chi connectivity index (χ4v) is 5.06. The molecule has 236 valence electrons. The van der Waals surface area contributed by atoms with Crippen molar-refractivity contribution in [2.24, 2.45) is 0 Å². The van der Waals surface area contributed by atoms with E-state index in [1.807, 2.05) is 53.4 Å². The van der Waals surface area contributed by atoms with Gasteiger partial charge in [0.15, 0.2) is 0 Å². The quantitative estimate of drug-likeness (QED) is 0.210. The third kappa shape index (κ3) is 7.78. The minimum Gasteiger partial charge on any atom is -0.494 e. The van der Waals surface area contributed by atoms with Crippen LogP contribution in [0.15, 0.2) is 97.8 Å². The zero-order valence-corrected chi connectivity index (χ0v) is 25.8. The van der Waals surface area contributed by atoms with Crippen LogP contribution in [0.25, 0.3) is 0 Å². The molecule has 2 heterocycles. The lowest BCUT2D eigenvalue weighted by Gasteiger charge is -2.35. The van der Waals surface area contributed by atoms with E-state index in [1.165, 1.54) is 17.3 Å². The van der Waals surface area contributed by atoms with E-state index in [0.29, 0.717) is 54.1 Å². The van der Waals surface area contributed by atoms with Crippen molar-refractivity contribution in [1.29, 1.82) is 0 Å². The van der Waals surface area contributed by atoms with Crippen molar-refractivity contribution in [3.63, 3.8) is 0 Å². The Hall–Kier alpha value is -5.91. The van der Waals surface area contributed by atoms with Crippen molar-refractivity contribution in [1.82, 2.24) is 20.2 Å². The zero-order valence-electron chi connectivity index (χ0n) is 25.8. The van der Waals surface area contributed by atoms with Crippen LogP contribution in [0.1, 0.15) is 12.5 Å². The summed E-state index contributed by atoms with van der Waals surface area (Å²) in [6.45, 7) is 8.18. The molecule has 1 aromatic heterocycles. The summed E-state index contributed by atoms with van der Waals surface area (Å²) in [7, 11) is 1.60. The first-order valence-electron chi connectivity index (χ1n) is 14.8. The molecule has 5 rings (SSSR count). The minimum absolute atomic E-state index is 0.0837. The molecule has 12 nitrogen and oxygen atoms in total. The molecule has 1 saturated heterocycles. The van der Waals surface area contributed by atoms with Crippen molar-refractivity contribution < 1.29 is 19.1 Å². The van der Waals surface area contributed by atoms with Gasteiger partial charge in [-0.25, -0.2) is 19.7 Å². The Morgan fingerprint density at radius 1 is 0.957 bits per heavy atom. The zero-order chi connectivity index (χ0) is 32.5. The molecule has 0 radical (unpaired) electrons.